The largest absolute Gasteiger partial charge is 0.326 e. The maximum absolute atomic E-state index is 6.07. The Labute approximate surface area is 92.4 Å². The van der Waals surface area contributed by atoms with Gasteiger partial charge in [-0.1, -0.05) is 0 Å². The zero-order valence-corrected chi connectivity index (χ0v) is 9.74. The Bertz CT molecular complexity index is 319. The molecule has 0 aromatic carbocycles. The fourth-order valence-electron chi connectivity index (χ4n) is 2.07. The van der Waals surface area contributed by atoms with E-state index in [-0.39, 0.29) is 6.04 Å². The van der Waals surface area contributed by atoms with E-state index in [9.17, 15) is 0 Å². The zero-order chi connectivity index (χ0) is 10.1. The highest BCUT2D eigenvalue weighted by molar-refractivity contribution is 9.10. The summed E-state index contributed by atoms with van der Waals surface area (Å²) in [6.07, 6.45) is 4.76. The van der Waals surface area contributed by atoms with E-state index in [1.165, 1.54) is 5.56 Å². The average Bonchev–Trinajstić information content (AvgIpc) is 2.46. The summed E-state index contributed by atoms with van der Waals surface area (Å²) in [5.74, 6) is 0. The molecule has 0 saturated carbocycles. The van der Waals surface area contributed by atoms with Crippen LogP contribution in [0.25, 0.3) is 0 Å². The Hall–Kier alpha value is -0.450. The summed E-state index contributed by atoms with van der Waals surface area (Å²) in [6, 6.07) is 2.65. The van der Waals surface area contributed by atoms with E-state index < -0.39 is 0 Å². The topological polar surface area (TPSA) is 42.1 Å². The quantitative estimate of drug-likeness (QED) is 0.828. The molecule has 4 heteroatoms. The Balaban J connectivity index is 2.29. The van der Waals surface area contributed by atoms with Crippen LogP contribution < -0.4 is 5.73 Å². The van der Waals surface area contributed by atoms with Gasteiger partial charge in [0.1, 0.15) is 0 Å². The summed E-state index contributed by atoms with van der Waals surface area (Å²) in [7, 11) is 2.11. The highest BCUT2D eigenvalue weighted by Gasteiger charge is 2.30. The van der Waals surface area contributed by atoms with Gasteiger partial charge in [0.2, 0.25) is 0 Å². The van der Waals surface area contributed by atoms with E-state index in [2.05, 4.69) is 38.9 Å². The maximum atomic E-state index is 6.07. The van der Waals surface area contributed by atoms with Gasteiger partial charge in [-0.15, -0.1) is 0 Å². The number of likely N-dealkylation sites (N-methyl/N-ethyl adjacent to an activating group) is 1. The lowest BCUT2D eigenvalue weighted by Crippen LogP contribution is -2.29. The molecule has 1 saturated heterocycles. The van der Waals surface area contributed by atoms with Crippen LogP contribution in [-0.4, -0.2) is 29.5 Å². The molecule has 2 N–H and O–H groups in total. The van der Waals surface area contributed by atoms with Crippen molar-refractivity contribution in [2.45, 2.75) is 18.5 Å². The molecule has 2 atom stereocenters. The van der Waals surface area contributed by atoms with Gasteiger partial charge < -0.3 is 5.73 Å². The summed E-state index contributed by atoms with van der Waals surface area (Å²) < 4.78 is 1.02. The third-order valence-electron chi connectivity index (χ3n) is 2.76. The zero-order valence-electron chi connectivity index (χ0n) is 8.15. The molecule has 14 heavy (non-hydrogen) atoms. The summed E-state index contributed by atoms with van der Waals surface area (Å²) in [5.41, 5.74) is 7.27. The minimum absolute atomic E-state index is 0.232. The molecular weight excluding hydrogens is 242 g/mol. The van der Waals surface area contributed by atoms with E-state index >= 15 is 0 Å². The number of rotatable bonds is 1. The highest BCUT2D eigenvalue weighted by Crippen LogP contribution is 2.30. The van der Waals surface area contributed by atoms with Crippen molar-refractivity contribution in [3.63, 3.8) is 0 Å². The molecule has 3 nitrogen and oxygen atoms in total. The number of nitrogens with two attached hydrogens (primary N) is 1. The minimum atomic E-state index is 0.232. The van der Waals surface area contributed by atoms with Gasteiger partial charge in [-0.25, -0.2) is 0 Å². The third kappa shape index (κ3) is 1.82. The van der Waals surface area contributed by atoms with E-state index in [0.717, 1.165) is 17.4 Å². The third-order valence-corrected chi connectivity index (χ3v) is 3.20. The summed E-state index contributed by atoms with van der Waals surface area (Å²) >= 11 is 3.43. The second kappa shape index (κ2) is 3.96. The fraction of sp³-hybridized carbons (Fsp3) is 0.500. The van der Waals surface area contributed by atoms with Crippen molar-refractivity contribution >= 4 is 15.9 Å². The molecule has 2 heterocycles. The van der Waals surface area contributed by atoms with Gasteiger partial charge in [-0.05, 0) is 41.0 Å². The van der Waals surface area contributed by atoms with Gasteiger partial charge in [-0.2, -0.15) is 0 Å². The van der Waals surface area contributed by atoms with Crippen molar-refractivity contribution in [1.29, 1.82) is 0 Å². The number of hydrogen-bond acceptors (Lipinski definition) is 3. The predicted molar refractivity (Wildman–Crippen MR) is 59.9 cm³/mol. The fourth-order valence-corrected chi connectivity index (χ4v) is 2.45. The first-order chi connectivity index (χ1) is 6.68. The molecule has 0 bridgehead atoms. The highest BCUT2D eigenvalue weighted by atomic mass is 79.9. The molecule has 1 aromatic heterocycles. The number of likely N-dealkylation sites (tertiary alicyclic amines) is 1. The SMILES string of the molecule is CN1CCC(N)C1c1cncc(Br)c1. The first-order valence-corrected chi connectivity index (χ1v) is 5.54. The molecule has 76 valence electrons. The second-order valence-corrected chi connectivity index (χ2v) is 4.73. The maximum Gasteiger partial charge on any atom is 0.0512 e. The number of pyridine rings is 1. The first kappa shape index (κ1) is 10.1. The lowest BCUT2D eigenvalue weighted by atomic mass is 10.0. The van der Waals surface area contributed by atoms with E-state index in [0.29, 0.717) is 6.04 Å². The second-order valence-electron chi connectivity index (χ2n) is 3.81. The smallest absolute Gasteiger partial charge is 0.0512 e. The Morgan fingerprint density at radius 2 is 2.36 bits per heavy atom. The number of halogens is 1. The first-order valence-electron chi connectivity index (χ1n) is 4.75. The van der Waals surface area contributed by atoms with Crippen LogP contribution in [0.15, 0.2) is 22.9 Å². The van der Waals surface area contributed by atoms with Crippen LogP contribution in [0.5, 0.6) is 0 Å². The van der Waals surface area contributed by atoms with Crippen molar-refractivity contribution in [3.05, 3.63) is 28.5 Å². The van der Waals surface area contributed by atoms with Crippen LogP contribution in [0.3, 0.4) is 0 Å². The molecule has 0 radical (unpaired) electrons. The lowest BCUT2D eigenvalue weighted by molar-refractivity contribution is 0.303. The van der Waals surface area contributed by atoms with E-state index in [4.69, 9.17) is 5.73 Å². The van der Waals surface area contributed by atoms with Crippen LogP contribution in [0.1, 0.15) is 18.0 Å². The normalized spacial score (nSPS) is 28.2. The standard InChI is InChI=1S/C10H14BrN3/c1-14-3-2-9(12)10(14)7-4-8(11)6-13-5-7/h4-6,9-10H,2-3,12H2,1H3. The number of hydrogen-bond donors (Lipinski definition) is 1. The van der Waals surface area contributed by atoms with E-state index in [1.54, 1.807) is 6.20 Å². The molecule has 1 fully saturated rings. The Kier molecular flexibility index (Phi) is 2.85. The Morgan fingerprint density at radius 3 is 2.93 bits per heavy atom. The molecule has 2 rings (SSSR count). The minimum Gasteiger partial charge on any atom is -0.326 e. The van der Waals surface area contributed by atoms with E-state index in [1.807, 2.05) is 6.20 Å². The van der Waals surface area contributed by atoms with Crippen molar-refractivity contribution < 1.29 is 0 Å². The van der Waals surface area contributed by atoms with Gasteiger partial charge >= 0.3 is 0 Å². The molecule has 0 amide bonds. The molecule has 0 aliphatic carbocycles. The summed E-state index contributed by atoms with van der Waals surface area (Å²) in [4.78, 5) is 6.45. The number of aromatic nitrogens is 1. The van der Waals surface area contributed by atoms with Gasteiger partial charge in [0.05, 0.1) is 6.04 Å². The van der Waals surface area contributed by atoms with Crippen LogP contribution in [0, 0.1) is 0 Å². The van der Waals surface area contributed by atoms with Crippen molar-refractivity contribution in [3.8, 4) is 0 Å². The molecular formula is C10H14BrN3. The molecule has 0 spiro atoms. The van der Waals surface area contributed by atoms with Gasteiger partial charge in [0, 0.05) is 29.5 Å². The Morgan fingerprint density at radius 1 is 1.57 bits per heavy atom. The average molecular weight is 256 g/mol. The molecule has 1 aliphatic heterocycles. The van der Waals surface area contributed by atoms with Crippen LogP contribution >= 0.6 is 15.9 Å². The van der Waals surface area contributed by atoms with Crippen LogP contribution in [-0.2, 0) is 0 Å². The van der Waals surface area contributed by atoms with Crippen molar-refractivity contribution in [2.75, 3.05) is 13.6 Å². The molecule has 2 unspecified atom stereocenters. The van der Waals surface area contributed by atoms with Gasteiger partial charge in [0.15, 0.2) is 0 Å². The summed E-state index contributed by atoms with van der Waals surface area (Å²) in [5, 5.41) is 0. The van der Waals surface area contributed by atoms with Gasteiger partial charge in [0.25, 0.3) is 0 Å². The van der Waals surface area contributed by atoms with Crippen LogP contribution in [0.2, 0.25) is 0 Å². The van der Waals surface area contributed by atoms with Crippen LogP contribution in [0.4, 0.5) is 0 Å². The monoisotopic (exact) mass is 255 g/mol. The number of nitrogens with zero attached hydrogens (tertiary/aromatic N) is 2. The lowest BCUT2D eigenvalue weighted by Gasteiger charge is -2.22. The summed E-state index contributed by atoms with van der Waals surface area (Å²) in [6.45, 7) is 1.07. The van der Waals surface area contributed by atoms with Crippen molar-refractivity contribution in [1.82, 2.24) is 9.88 Å². The molecule has 1 aromatic rings. The van der Waals surface area contributed by atoms with Crippen molar-refractivity contribution in [2.24, 2.45) is 5.73 Å². The molecule has 1 aliphatic rings. The van der Waals surface area contributed by atoms with Gasteiger partial charge in [-0.3, -0.25) is 9.88 Å². The predicted octanol–water partition coefficient (Wildman–Crippen LogP) is 1.55.